The zero-order valence-electron chi connectivity index (χ0n) is 8.54. The third-order valence-electron chi connectivity index (χ3n) is 2.50. The number of fused-ring (bicyclic) bond motifs is 1. The van der Waals surface area contributed by atoms with Gasteiger partial charge in [0, 0.05) is 35.7 Å². The highest BCUT2D eigenvalue weighted by atomic mass is 14.8. The summed E-state index contributed by atoms with van der Waals surface area (Å²) in [4.78, 5) is 12.4. The van der Waals surface area contributed by atoms with E-state index in [0.29, 0.717) is 0 Å². The maximum Gasteiger partial charge on any atom is 0.0885 e. The third kappa shape index (κ3) is 1.52. The van der Waals surface area contributed by atoms with Crippen LogP contribution in [0.1, 0.15) is 0 Å². The molecule has 3 heteroatoms. The van der Waals surface area contributed by atoms with Crippen LogP contribution in [0.4, 0.5) is 0 Å². The van der Waals surface area contributed by atoms with Crippen LogP contribution in [0.25, 0.3) is 22.0 Å². The second-order valence-electron chi connectivity index (χ2n) is 3.53. The standard InChI is InChI=1S/C13H9N3/c1-2-12-8-14-4-3-10(12)7-11(1)13-9-15-5-6-16-13/h1-9H. The van der Waals surface area contributed by atoms with Crippen molar-refractivity contribution in [3.8, 4) is 11.3 Å². The van der Waals surface area contributed by atoms with Gasteiger partial charge in [0.25, 0.3) is 0 Å². The minimum absolute atomic E-state index is 0.890. The van der Waals surface area contributed by atoms with Crippen LogP contribution >= 0.6 is 0 Å². The number of hydrogen-bond acceptors (Lipinski definition) is 3. The Morgan fingerprint density at radius 3 is 2.56 bits per heavy atom. The lowest BCUT2D eigenvalue weighted by molar-refractivity contribution is 1.21. The molecule has 1 aromatic carbocycles. The van der Waals surface area contributed by atoms with Crippen molar-refractivity contribution >= 4 is 10.8 Å². The molecule has 0 aliphatic heterocycles. The van der Waals surface area contributed by atoms with Gasteiger partial charge >= 0.3 is 0 Å². The summed E-state index contributed by atoms with van der Waals surface area (Å²) in [6.45, 7) is 0. The summed E-state index contributed by atoms with van der Waals surface area (Å²) in [5.41, 5.74) is 1.97. The zero-order chi connectivity index (χ0) is 10.8. The lowest BCUT2D eigenvalue weighted by Crippen LogP contribution is -1.84. The molecule has 16 heavy (non-hydrogen) atoms. The molecule has 0 bridgehead atoms. The minimum atomic E-state index is 0.890. The summed E-state index contributed by atoms with van der Waals surface area (Å²) in [7, 11) is 0. The topological polar surface area (TPSA) is 38.7 Å². The van der Waals surface area contributed by atoms with Crippen molar-refractivity contribution in [3.63, 3.8) is 0 Å². The molecule has 3 rings (SSSR count). The van der Waals surface area contributed by atoms with Gasteiger partial charge in [0.05, 0.1) is 11.9 Å². The van der Waals surface area contributed by atoms with Crippen LogP contribution < -0.4 is 0 Å². The quantitative estimate of drug-likeness (QED) is 0.615. The van der Waals surface area contributed by atoms with Crippen LogP contribution in [-0.4, -0.2) is 15.0 Å². The van der Waals surface area contributed by atoms with Gasteiger partial charge in [0.2, 0.25) is 0 Å². The second-order valence-corrected chi connectivity index (χ2v) is 3.53. The van der Waals surface area contributed by atoms with E-state index in [1.807, 2.05) is 24.4 Å². The number of aromatic nitrogens is 3. The van der Waals surface area contributed by atoms with Crippen molar-refractivity contribution in [3.05, 3.63) is 55.2 Å². The molecule has 0 aliphatic carbocycles. The Balaban J connectivity index is 2.19. The lowest BCUT2D eigenvalue weighted by atomic mass is 10.1. The first-order valence-corrected chi connectivity index (χ1v) is 5.04. The molecular formula is C13H9N3. The second kappa shape index (κ2) is 3.70. The Labute approximate surface area is 92.8 Å². The van der Waals surface area contributed by atoms with E-state index in [1.165, 1.54) is 0 Å². The summed E-state index contributed by atoms with van der Waals surface area (Å²) >= 11 is 0. The molecule has 3 nitrogen and oxygen atoms in total. The van der Waals surface area contributed by atoms with Gasteiger partial charge < -0.3 is 0 Å². The Bertz CT molecular complexity index is 620. The molecule has 0 aliphatic rings. The number of benzene rings is 1. The van der Waals surface area contributed by atoms with E-state index in [-0.39, 0.29) is 0 Å². The Kier molecular flexibility index (Phi) is 2.07. The van der Waals surface area contributed by atoms with Crippen LogP contribution in [0.15, 0.2) is 55.2 Å². The molecule has 0 fully saturated rings. The first-order chi connectivity index (χ1) is 7.93. The number of rotatable bonds is 1. The normalized spacial score (nSPS) is 10.5. The fourth-order valence-electron chi connectivity index (χ4n) is 1.69. The van der Waals surface area contributed by atoms with Gasteiger partial charge in [-0.15, -0.1) is 0 Å². The first-order valence-electron chi connectivity index (χ1n) is 5.04. The molecule has 0 spiro atoms. The minimum Gasteiger partial charge on any atom is -0.264 e. The van der Waals surface area contributed by atoms with Gasteiger partial charge in [-0.25, -0.2) is 0 Å². The smallest absolute Gasteiger partial charge is 0.0885 e. The van der Waals surface area contributed by atoms with Crippen molar-refractivity contribution < 1.29 is 0 Å². The summed E-state index contributed by atoms with van der Waals surface area (Å²) in [5, 5.41) is 2.30. The van der Waals surface area contributed by atoms with Gasteiger partial charge in [0.15, 0.2) is 0 Å². The molecule has 0 saturated heterocycles. The van der Waals surface area contributed by atoms with Crippen molar-refractivity contribution in [1.29, 1.82) is 0 Å². The Hall–Kier alpha value is -2.29. The zero-order valence-corrected chi connectivity index (χ0v) is 8.54. The van der Waals surface area contributed by atoms with E-state index in [2.05, 4.69) is 21.0 Å². The van der Waals surface area contributed by atoms with E-state index < -0.39 is 0 Å². The molecule has 0 unspecified atom stereocenters. The Morgan fingerprint density at radius 1 is 0.750 bits per heavy atom. The van der Waals surface area contributed by atoms with Crippen molar-refractivity contribution in [2.45, 2.75) is 0 Å². The third-order valence-corrected chi connectivity index (χ3v) is 2.50. The predicted molar refractivity (Wildman–Crippen MR) is 62.8 cm³/mol. The fraction of sp³-hybridized carbons (Fsp3) is 0. The van der Waals surface area contributed by atoms with Crippen molar-refractivity contribution in [2.24, 2.45) is 0 Å². The molecule has 2 heterocycles. The fourth-order valence-corrected chi connectivity index (χ4v) is 1.69. The molecular weight excluding hydrogens is 198 g/mol. The molecule has 76 valence electrons. The number of nitrogens with zero attached hydrogens (tertiary/aromatic N) is 3. The average molecular weight is 207 g/mol. The van der Waals surface area contributed by atoms with E-state index in [0.717, 1.165) is 22.0 Å². The molecule has 0 N–H and O–H groups in total. The van der Waals surface area contributed by atoms with Gasteiger partial charge in [-0.3, -0.25) is 15.0 Å². The maximum absolute atomic E-state index is 4.28. The van der Waals surface area contributed by atoms with Gasteiger partial charge in [-0.05, 0) is 17.5 Å². The summed E-state index contributed by atoms with van der Waals surface area (Å²) in [6, 6.07) is 8.18. The predicted octanol–water partition coefficient (Wildman–Crippen LogP) is 2.69. The molecule has 3 aromatic rings. The summed E-state index contributed by atoms with van der Waals surface area (Å²) in [6.07, 6.45) is 8.79. The first kappa shape index (κ1) is 8.97. The molecule has 0 atom stereocenters. The molecule has 0 saturated carbocycles. The van der Waals surface area contributed by atoms with Crippen LogP contribution in [0, 0.1) is 0 Å². The van der Waals surface area contributed by atoms with Crippen LogP contribution in [-0.2, 0) is 0 Å². The average Bonchev–Trinajstić information content (AvgIpc) is 2.39. The Morgan fingerprint density at radius 2 is 1.69 bits per heavy atom. The SMILES string of the molecule is c1cnc(-c2ccc3cnccc3c2)cn1. The highest BCUT2D eigenvalue weighted by Crippen LogP contribution is 2.21. The van der Waals surface area contributed by atoms with Crippen molar-refractivity contribution in [2.75, 3.05) is 0 Å². The van der Waals surface area contributed by atoms with Gasteiger partial charge in [0.1, 0.15) is 0 Å². The molecule has 0 radical (unpaired) electrons. The van der Waals surface area contributed by atoms with Crippen LogP contribution in [0.2, 0.25) is 0 Å². The van der Waals surface area contributed by atoms with Gasteiger partial charge in [-0.1, -0.05) is 12.1 Å². The maximum atomic E-state index is 4.28. The van der Waals surface area contributed by atoms with E-state index in [9.17, 15) is 0 Å². The number of hydrogen-bond donors (Lipinski definition) is 0. The monoisotopic (exact) mass is 207 g/mol. The summed E-state index contributed by atoms with van der Waals surface area (Å²) < 4.78 is 0. The van der Waals surface area contributed by atoms with E-state index in [1.54, 1.807) is 24.8 Å². The van der Waals surface area contributed by atoms with E-state index in [4.69, 9.17) is 0 Å². The summed E-state index contributed by atoms with van der Waals surface area (Å²) in [5.74, 6) is 0. The largest absolute Gasteiger partial charge is 0.264 e. The van der Waals surface area contributed by atoms with Gasteiger partial charge in [-0.2, -0.15) is 0 Å². The van der Waals surface area contributed by atoms with Crippen molar-refractivity contribution in [1.82, 2.24) is 15.0 Å². The highest BCUT2D eigenvalue weighted by molar-refractivity contribution is 5.85. The highest BCUT2D eigenvalue weighted by Gasteiger charge is 2.00. The molecule has 0 amide bonds. The van der Waals surface area contributed by atoms with E-state index >= 15 is 0 Å². The lowest BCUT2D eigenvalue weighted by Gasteiger charge is -2.01. The van der Waals surface area contributed by atoms with Crippen LogP contribution in [0.5, 0.6) is 0 Å². The number of pyridine rings is 1. The molecule has 2 aromatic heterocycles. The van der Waals surface area contributed by atoms with Crippen LogP contribution in [0.3, 0.4) is 0 Å².